The molecule has 1 rings (SSSR count). The highest BCUT2D eigenvalue weighted by Crippen LogP contribution is 2.20. The Hall–Kier alpha value is -1.65. The first-order valence-corrected chi connectivity index (χ1v) is 5.90. The molecule has 0 aliphatic carbocycles. The first-order chi connectivity index (χ1) is 8.25. The fraction of sp³-hybridized carbons (Fsp3) is 0.538. The van der Waals surface area contributed by atoms with Gasteiger partial charge in [0.25, 0.3) is 5.91 Å². The maximum Gasteiger partial charge on any atom is 0.255 e. The predicted octanol–water partition coefficient (Wildman–Crippen LogP) is 2.43. The fourth-order valence-electron chi connectivity index (χ4n) is 1.30. The van der Waals surface area contributed by atoms with Crippen molar-refractivity contribution >= 4 is 11.7 Å². The number of anilines is 1. The number of hydrogen-bond donors (Lipinski definition) is 2. The summed E-state index contributed by atoms with van der Waals surface area (Å²) in [5.74, 6) is -0.480. The molecular formula is C13H20FN3O. The average molecular weight is 253 g/mol. The van der Waals surface area contributed by atoms with Gasteiger partial charge in [-0.2, -0.15) is 0 Å². The van der Waals surface area contributed by atoms with Crippen LogP contribution in [0.1, 0.15) is 38.1 Å². The second-order valence-corrected chi connectivity index (χ2v) is 5.36. The van der Waals surface area contributed by atoms with Crippen LogP contribution in [-0.4, -0.2) is 24.0 Å². The summed E-state index contributed by atoms with van der Waals surface area (Å²) in [5.41, 5.74) is 0.157. The van der Waals surface area contributed by atoms with Crippen LogP contribution in [-0.2, 0) is 0 Å². The van der Waals surface area contributed by atoms with Gasteiger partial charge in [0.1, 0.15) is 11.6 Å². The van der Waals surface area contributed by atoms with Gasteiger partial charge in [0, 0.05) is 13.1 Å². The molecule has 1 amide bonds. The normalized spacial score (nSPS) is 13.0. The molecule has 0 aromatic carbocycles. The number of carbonyl (C=O) groups is 1. The van der Waals surface area contributed by atoms with Crippen LogP contribution < -0.4 is 10.6 Å². The zero-order valence-corrected chi connectivity index (χ0v) is 11.5. The molecule has 100 valence electrons. The van der Waals surface area contributed by atoms with E-state index in [1.54, 1.807) is 7.05 Å². The molecule has 0 saturated heterocycles. The monoisotopic (exact) mass is 253 g/mol. The van der Waals surface area contributed by atoms with E-state index >= 15 is 0 Å². The topological polar surface area (TPSA) is 54.0 Å². The van der Waals surface area contributed by atoms with E-state index in [0.717, 1.165) is 6.20 Å². The minimum atomic E-state index is -0.525. The third kappa shape index (κ3) is 3.42. The van der Waals surface area contributed by atoms with Crippen LogP contribution in [0, 0.1) is 11.2 Å². The quantitative estimate of drug-likeness (QED) is 0.870. The standard InChI is InChI=1S/C13H20FN3O/c1-8(13(2,3)4)17-12(18)10-6-9(14)7-16-11(10)15-5/h6-8H,1-5H3,(H,15,16)(H,17,18). The van der Waals surface area contributed by atoms with Crippen LogP contribution in [0.2, 0.25) is 0 Å². The number of aromatic nitrogens is 1. The van der Waals surface area contributed by atoms with Crippen LogP contribution in [0.5, 0.6) is 0 Å². The molecule has 1 aromatic heterocycles. The predicted molar refractivity (Wildman–Crippen MR) is 70.1 cm³/mol. The number of nitrogens with zero attached hydrogens (tertiary/aromatic N) is 1. The van der Waals surface area contributed by atoms with Crippen LogP contribution in [0.25, 0.3) is 0 Å². The first kappa shape index (κ1) is 14.4. The molecule has 18 heavy (non-hydrogen) atoms. The van der Waals surface area contributed by atoms with Crippen molar-refractivity contribution in [2.45, 2.75) is 33.7 Å². The summed E-state index contributed by atoms with van der Waals surface area (Å²) in [4.78, 5) is 15.9. The van der Waals surface area contributed by atoms with Gasteiger partial charge in [-0.25, -0.2) is 9.37 Å². The van der Waals surface area contributed by atoms with Crippen molar-refractivity contribution in [2.24, 2.45) is 5.41 Å². The average Bonchev–Trinajstić information content (AvgIpc) is 2.27. The molecular weight excluding hydrogens is 233 g/mol. The van der Waals surface area contributed by atoms with Crippen molar-refractivity contribution in [3.8, 4) is 0 Å². The minimum absolute atomic E-state index is 0.0297. The van der Waals surface area contributed by atoms with Gasteiger partial charge in [-0.1, -0.05) is 20.8 Å². The van der Waals surface area contributed by atoms with E-state index in [4.69, 9.17) is 0 Å². The Kier molecular flexibility index (Phi) is 4.27. The second kappa shape index (κ2) is 5.33. The molecule has 0 radical (unpaired) electrons. The minimum Gasteiger partial charge on any atom is -0.372 e. The highest BCUT2D eigenvalue weighted by molar-refractivity contribution is 5.98. The fourth-order valence-corrected chi connectivity index (χ4v) is 1.30. The van der Waals surface area contributed by atoms with Crippen molar-refractivity contribution in [1.29, 1.82) is 0 Å². The number of carbonyl (C=O) groups excluding carboxylic acids is 1. The summed E-state index contributed by atoms with van der Waals surface area (Å²) in [6.07, 6.45) is 1.08. The van der Waals surface area contributed by atoms with Crippen molar-refractivity contribution in [3.63, 3.8) is 0 Å². The summed E-state index contributed by atoms with van der Waals surface area (Å²) in [7, 11) is 1.64. The number of pyridine rings is 1. The molecule has 1 atom stereocenters. The largest absolute Gasteiger partial charge is 0.372 e. The van der Waals surface area contributed by atoms with Gasteiger partial charge in [0.15, 0.2) is 0 Å². The molecule has 4 nitrogen and oxygen atoms in total. The lowest BCUT2D eigenvalue weighted by Gasteiger charge is -2.28. The van der Waals surface area contributed by atoms with Gasteiger partial charge in [-0.15, -0.1) is 0 Å². The zero-order valence-electron chi connectivity index (χ0n) is 11.5. The highest BCUT2D eigenvalue weighted by atomic mass is 19.1. The Morgan fingerprint density at radius 3 is 2.56 bits per heavy atom. The van der Waals surface area contributed by atoms with Gasteiger partial charge in [0.05, 0.1) is 11.8 Å². The lowest BCUT2D eigenvalue weighted by Crippen LogP contribution is -2.41. The van der Waals surface area contributed by atoms with Crippen molar-refractivity contribution in [1.82, 2.24) is 10.3 Å². The number of hydrogen-bond acceptors (Lipinski definition) is 3. The maximum absolute atomic E-state index is 13.1. The maximum atomic E-state index is 13.1. The van der Waals surface area contributed by atoms with Gasteiger partial charge < -0.3 is 10.6 Å². The van der Waals surface area contributed by atoms with Crippen molar-refractivity contribution < 1.29 is 9.18 Å². The molecule has 1 unspecified atom stereocenters. The van der Waals surface area contributed by atoms with Crippen LogP contribution >= 0.6 is 0 Å². The van der Waals surface area contributed by atoms with E-state index in [9.17, 15) is 9.18 Å². The van der Waals surface area contributed by atoms with E-state index in [1.165, 1.54) is 6.07 Å². The van der Waals surface area contributed by atoms with Crippen molar-refractivity contribution in [3.05, 3.63) is 23.6 Å². The van der Waals surface area contributed by atoms with Crippen LogP contribution in [0.3, 0.4) is 0 Å². The molecule has 2 N–H and O–H groups in total. The number of amides is 1. The Labute approximate surface area is 107 Å². The van der Waals surface area contributed by atoms with Gasteiger partial charge >= 0.3 is 0 Å². The lowest BCUT2D eigenvalue weighted by molar-refractivity contribution is 0.0910. The molecule has 0 bridgehead atoms. The lowest BCUT2D eigenvalue weighted by atomic mass is 9.88. The van der Waals surface area contributed by atoms with E-state index < -0.39 is 5.82 Å². The Morgan fingerprint density at radius 2 is 2.06 bits per heavy atom. The summed E-state index contributed by atoms with van der Waals surface area (Å²) in [6.45, 7) is 8.01. The van der Waals surface area contributed by atoms with Gasteiger partial charge in [-0.05, 0) is 18.4 Å². The molecule has 0 saturated carbocycles. The van der Waals surface area contributed by atoms with E-state index in [0.29, 0.717) is 5.82 Å². The smallest absolute Gasteiger partial charge is 0.255 e. The molecule has 5 heteroatoms. The van der Waals surface area contributed by atoms with Crippen LogP contribution in [0.4, 0.5) is 10.2 Å². The third-order valence-corrected chi connectivity index (χ3v) is 2.98. The number of rotatable bonds is 3. The van der Waals surface area contributed by atoms with Crippen molar-refractivity contribution in [2.75, 3.05) is 12.4 Å². The third-order valence-electron chi connectivity index (χ3n) is 2.98. The molecule has 1 heterocycles. The molecule has 0 fully saturated rings. The Morgan fingerprint density at radius 1 is 1.44 bits per heavy atom. The van der Waals surface area contributed by atoms with E-state index in [-0.39, 0.29) is 22.9 Å². The summed E-state index contributed by atoms with van der Waals surface area (Å²) < 4.78 is 13.1. The summed E-state index contributed by atoms with van der Waals surface area (Å²) in [5, 5.41) is 5.63. The van der Waals surface area contributed by atoms with E-state index in [2.05, 4.69) is 15.6 Å². The Balaban J connectivity index is 2.94. The zero-order chi connectivity index (χ0) is 13.9. The SMILES string of the molecule is CNc1ncc(F)cc1C(=O)NC(C)C(C)(C)C. The highest BCUT2D eigenvalue weighted by Gasteiger charge is 2.23. The second-order valence-electron chi connectivity index (χ2n) is 5.36. The molecule has 0 aliphatic rings. The Bertz CT molecular complexity index is 440. The number of nitrogens with one attached hydrogen (secondary N) is 2. The van der Waals surface area contributed by atoms with Gasteiger partial charge in [0.2, 0.25) is 0 Å². The number of halogens is 1. The summed E-state index contributed by atoms with van der Waals surface area (Å²) in [6, 6.07) is 1.15. The molecule has 0 spiro atoms. The molecule has 1 aromatic rings. The van der Waals surface area contributed by atoms with Crippen LogP contribution in [0.15, 0.2) is 12.3 Å². The first-order valence-electron chi connectivity index (χ1n) is 5.90. The van der Waals surface area contributed by atoms with Gasteiger partial charge in [-0.3, -0.25) is 4.79 Å². The molecule has 0 aliphatic heterocycles. The van der Waals surface area contributed by atoms with E-state index in [1.807, 2.05) is 27.7 Å². The summed E-state index contributed by atoms with van der Waals surface area (Å²) >= 11 is 0.